The number of morpholine rings is 1. The van der Waals surface area contributed by atoms with Crippen molar-refractivity contribution < 1.29 is 9.53 Å². The number of hydrogen-bond acceptors (Lipinski definition) is 4. The Balaban J connectivity index is 1.74. The van der Waals surface area contributed by atoms with E-state index >= 15 is 0 Å². The van der Waals surface area contributed by atoms with Gasteiger partial charge in [0.05, 0.1) is 19.3 Å². The first-order valence-electron chi connectivity index (χ1n) is 9.63. The molecule has 1 aliphatic heterocycles. The summed E-state index contributed by atoms with van der Waals surface area (Å²) in [5, 5.41) is 9.44. The number of amides is 1. The molecule has 0 atom stereocenters. The Morgan fingerprint density at radius 3 is 2.25 bits per heavy atom. The smallest absolute Gasteiger partial charge is 0.254 e. The van der Waals surface area contributed by atoms with E-state index in [1.54, 1.807) is 4.80 Å². The summed E-state index contributed by atoms with van der Waals surface area (Å²) >= 11 is 0. The van der Waals surface area contributed by atoms with Crippen LogP contribution in [0.4, 0.5) is 0 Å². The van der Waals surface area contributed by atoms with Gasteiger partial charge in [-0.25, -0.2) is 0 Å². The molecular formula is C22H24N4O2. The molecule has 144 valence electrons. The van der Waals surface area contributed by atoms with E-state index in [2.05, 4.69) is 13.8 Å². The minimum atomic E-state index is 0.0302. The highest BCUT2D eigenvalue weighted by atomic mass is 16.5. The maximum absolute atomic E-state index is 12.9. The van der Waals surface area contributed by atoms with Gasteiger partial charge in [-0.2, -0.15) is 15.0 Å². The van der Waals surface area contributed by atoms with Crippen molar-refractivity contribution in [2.24, 2.45) is 0 Å². The van der Waals surface area contributed by atoms with Gasteiger partial charge in [0.15, 0.2) is 0 Å². The molecule has 1 fully saturated rings. The molecule has 0 spiro atoms. The average molecular weight is 376 g/mol. The molecule has 2 aromatic carbocycles. The summed E-state index contributed by atoms with van der Waals surface area (Å²) in [5.41, 5.74) is 4.18. The Bertz CT molecular complexity index is 960. The van der Waals surface area contributed by atoms with E-state index in [0.717, 1.165) is 22.5 Å². The van der Waals surface area contributed by atoms with Gasteiger partial charge in [-0.05, 0) is 26.0 Å². The molecule has 1 saturated heterocycles. The van der Waals surface area contributed by atoms with Crippen molar-refractivity contribution in [1.82, 2.24) is 19.9 Å². The van der Waals surface area contributed by atoms with Gasteiger partial charge in [0, 0.05) is 29.8 Å². The Kier molecular flexibility index (Phi) is 5.21. The molecule has 1 aromatic heterocycles. The average Bonchev–Trinajstić information content (AvgIpc) is 3.20. The molecule has 0 aliphatic carbocycles. The first kappa shape index (κ1) is 18.4. The van der Waals surface area contributed by atoms with Crippen LogP contribution >= 0.6 is 0 Å². The maximum atomic E-state index is 12.9. The van der Waals surface area contributed by atoms with Gasteiger partial charge >= 0.3 is 0 Å². The van der Waals surface area contributed by atoms with Crippen molar-refractivity contribution in [3.8, 4) is 22.5 Å². The first-order valence-corrected chi connectivity index (χ1v) is 9.63. The zero-order valence-corrected chi connectivity index (χ0v) is 16.2. The van der Waals surface area contributed by atoms with Crippen LogP contribution < -0.4 is 0 Å². The fraction of sp³-hybridized carbons (Fsp3) is 0.318. The van der Waals surface area contributed by atoms with E-state index in [9.17, 15) is 4.79 Å². The zero-order chi connectivity index (χ0) is 19.5. The third kappa shape index (κ3) is 3.68. The maximum Gasteiger partial charge on any atom is 0.254 e. The fourth-order valence-corrected chi connectivity index (χ4v) is 3.29. The number of nitrogens with zero attached hydrogens (tertiary/aromatic N) is 4. The summed E-state index contributed by atoms with van der Waals surface area (Å²) in [4.78, 5) is 16.5. The van der Waals surface area contributed by atoms with Gasteiger partial charge < -0.3 is 9.64 Å². The van der Waals surface area contributed by atoms with Gasteiger partial charge in [0.25, 0.3) is 5.91 Å². The van der Waals surface area contributed by atoms with Crippen LogP contribution in [-0.4, -0.2) is 52.1 Å². The van der Waals surface area contributed by atoms with Crippen LogP contribution in [0, 0.1) is 0 Å². The molecule has 3 aromatic rings. The Labute approximate surface area is 164 Å². The molecule has 0 N–H and O–H groups in total. The third-order valence-corrected chi connectivity index (χ3v) is 4.82. The van der Waals surface area contributed by atoms with Gasteiger partial charge in [-0.15, -0.1) is 0 Å². The van der Waals surface area contributed by atoms with Crippen LogP contribution in [0.2, 0.25) is 0 Å². The largest absolute Gasteiger partial charge is 0.378 e. The molecular weight excluding hydrogens is 352 g/mol. The van der Waals surface area contributed by atoms with E-state index in [4.69, 9.17) is 14.9 Å². The second kappa shape index (κ2) is 7.94. The van der Waals surface area contributed by atoms with Crippen molar-refractivity contribution >= 4 is 5.91 Å². The zero-order valence-electron chi connectivity index (χ0n) is 16.2. The fourth-order valence-electron chi connectivity index (χ4n) is 3.29. The van der Waals surface area contributed by atoms with Crippen molar-refractivity contribution in [1.29, 1.82) is 0 Å². The third-order valence-electron chi connectivity index (χ3n) is 4.82. The van der Waals surface area contributed by atoms with Gasteiger partial charge in [-0.3, -0.25) is 4.79 Å². The van der Waals surface area contributed by atoms with Crippen molar-refractivity contribution in [3.63, 3.8) is 0 Å². The Morgan fingerprint density at radius 1 is 0.929 bits per heavy atom. The molecule has 28 heavy (non-hydrogen) atoms. The van der Waals surface area contributed by atoms with Crippen LogP contribution in [0.1, 0.15) is 30.2 Å². The standard InChI is InChI=1S/C22H24N4O2/c1-16(2)26-23-20(17-7-4-3-5-8-17)21(24-26)18-9-6-10-19(15-18)22(27)25-11-13-28-14-12-25/h3-10,15-16H,11-14H2,1-2H3. The number of benzene rings is 2. The lowest BCUT2D eigenvalue weighted by Gasteiger charge is -2.27. The van der Waals surface area contributed by atoms with Gasteiger partial charge in [-0.1, -0.05) is 42.5 Å². The highest BCUT2D eigenvalue weighted by Gasteiger charge is 2.21. The van der Waals surface area contributed by atoms with Crippen LogP contribution in [0.25, 0.3) is 22.5 Å². The van der Waals surface area contributed by atoms with Crippen LogP contribution in [0.15, 0.2) is 54.6 Å². The molecule has 4 rings (SSSR count). The number of aromatic nitrogens is 3. The molecule has 1 aliphatic rings. The minimum absolute atomic E-state index is 0.0302. The van der Waals surface area contributed by atoms with Crippen LogP contribution in [0.3, 0.4) is 0 Å². The number of rotatable bonds is 4. The summed E-state index contributed by atoms with van der Waals surface area (Å²) < 4.78 is 5.35. The topological polar surface area (TPSA) is 60.2 Å². The number of carbonyl (C=O) groups excluding carboxylic acids is 1. The summed E-state index contributed by atoms with van der Waals surface area (Å²) in [7, 11) is 0. The predicted octanol–water partition coefficient (Wildman–Crippen LogP) is 3.67. The molecule has 0 radical (unpaired) electrons. The normalized spacial score (nSPS) is 14.5. The summed E-state index contributed by atoms with van der Waals surface area (Å²) in [6.45, 7) is 6.54. The lowest BCUT2D eigenvalue weighted by molar-refractivity contribution is 0.0303. The van der Waals surface area contributed by atoms with Crippen molar-refractivity contribution in [3.05, 3.63) is 60.2 Å². The summed E-state index contributed by atoms with van der Waals surface area (Å²) in [6, 6.07) is 17.8. The lowest BCUT2D eigenvalue weighted by Crippen LogP contribution is -2.40. The first-order chi connectivity index (χ1) is 13.6. The summed E-state index contributed by atoms with van der Waals surface area (Å²) in [5.74, 6) is 0.0302. The second-order valence-electron chi connectivity index (χ2n) is 7.16. The molecule has 0 unspecified atom stereocenters. The molecule has 6 heteroatoms. The van der Waals surface area contributed by atoms with E-state index in [-0.39, 0.29) is 11.9 Å². The van der Waals surface area contributed by atoms with E-state index in [1.165, 1.54) is 0 Å². The predicted molar refractivity (Wildman–Crippen MR) is 108 cm³/mol. The summed E-state index contributed by atoms with van der Waals surface area (Å²) in [6.07, 6.45) is 0. The quantitative estimate of drug-likeness (QED) is 0.697. The van der Waals surface area contributed by atoms with Crippen molar-refractivity contribution in [2.45, 2.75) is 19.9 Å². The monoisotopic (exact) mass is 376 g/mol. The number of ether oxygens (including phenoxy) is 1. The lowest BCUT2D eigenvalue weighted by atomic mass is 10.0. The van der Waals surface area contributed by atoms with E-state index < -0.39 is 0 Å². The minimum Gasteiger partial charge on any atom is -0.378 e. The highest BCUT2D eigenvalue weighted by molar-refractivity contribution is 5.96. The van der Waals surface area contributed by atoms with E-state index in [0.29, 0.717) is 31.9 Å². The Hall–Kier alpha value is -2.99. The molecule has 6 nitrogen and oxygen atoms in total. The van der Waals surface area contributed by atoms with Crippen LogP contribution in [0.5, 0.6) is 0 Å². The highest BCUT2D eigenvalue weighted by Crippen LogP contribution is 2.30. The number of hydrogen-bond donors (Lipinski definition) is 0. The van der Waals surface area contributed by atoms with Crippen LogP contribution in [-0.2, 0) is 4.74 Å². The van der Waals surface area contributed by atoms with Crippen molar-refractivity contribution in [2.75, 3.05) is 26.3 Å². The van der Waals surface area contributed by atoms with E-state index in [1.807, 2.05) is 59.5 Å². The molecule has 0 bridgehead atoms. The molecule has 2 heterocycles. The SMILES string of the molecule is CC(C)n1nc(-c2ccccc2)c(-c2cccc(C(=O)N3CCOCC3)c2)n1. The second-order valence-corrected chi connectivity index (χ2v) is 7.16. The number of carbonyl (C=O) groups is 1. The Morgan fingerprint density at radius 2 is 1.57 bits per heavy atom. The van der Waals surface area contributed by atoms with Gasteiger partial charge in [0.1, 0.15) is 11.4 Å². The molecule has 0 saturated carbocycles. The van der Waals surface area contributed by atoms with Gasteiger partial charge in [0.2, 0.25) is 0 Å². The molecule has 1 amide bonds.